The van der Waals surface area contributed by atoms with E-state index in [9.17, 15) is 4.39 Å². The van der Waals surface area contributed by atoms with Crippen LogP contribution < -0.4 is 21.5 Å². The number of pyridine rings is 1. The molecule has 1 aliphatic carbocycles. The summed E-state index contributed by atoms with van der Waals surface area (Å²) in [5, 5.41) is 7.27. The summed E-state index contributed by atoms with van der Waals surface area (Å²) in [5.74, 6) is 0.942. The summed E-state index contributed by atoms with van der Waals surface area (Å²) in [6, 6.07) is 10.8. The van der Waals surface area contributed by atoms with Gasteiger partial charge in [0.2, 0.25) is 5.95 Å². The quantitative estimate of drug-likeness (QED) is 0.606. The van der Waals surface area contributed by atoms with Crippen LogP contribution in [0.2, 0.25) is 0 Å². The number of anilines is 2. The predicted octanol–water partition coefficient (Wildman–Crippen LogP) is 3.48. The van der Waals surface area contributed by atoms with Crippen molar-refractivity contribution >= 4 is 17.7 Å². The van der Waals surface area contributed by atoms with Crippen LogP contribution in [-0.4, -0.2) is 14.5 Å². The van der Waals surface area contributed by atoms with E-state index in [2.05, 4.69) is 25.9 Å². The first-order chi connectivity index (χ1) is 15.3. The van der Waals surface area contributed by atoms with Crippen molar-refractivity contribution in [2.24, 2.45) is 4.99 Å². The Bertz CT molecular complexity index is 1270. The maximum absolute atomic E-state index is 14.3. The zero-order chi connectivity index (χ0) is 21.0. The fraction of sp³-hybridized carbons (Fsp3) is 0.250. The minimum absolute atomic E-state index is 0.278. The molecule has 0 radical (unpaired) electrons. The number of benzene rings is 1. The van der Waals surface area contributed by atoms with Crippen LogP contribution >= 0.6 is 0 Å². The van der Waals surface area contributed by atoms with E-state index in [1.807, 2.05) is 36.5 Å². The molecule has 0 atom stereocenters. The van der Waals surface area contributed by atoms with E-state index < -0.39 is 0 Å². The van der Waals surface area contributed by atoms with Gasteiger partial charge in [-0.1, -0.05) is 36.8 Å². The summed E-state index contributed by atoms with van der Waals surface area (Å²) in [7, 11) is 0. The first-order valence-corrected chi connectivity index (χ1v) is 10.6. The summed E-state index contributed by atoms with van der Waals surface area (Å²) >= 11 is 0. The largest absolute Gasteiger partial charge is 0.359 e. The maximum atomic E-state index is 14.3. The Labute approximate surface area is 179 Å². The van der Waals surface area contributed by atoms with Gasteiger partial charge in [-0.15, -0.1) is 0 Å². The molecule has 1 fully saturated rings. The van der Waals surface area contributed by atoms with Crippen LogP contribution in [0.25, 0.3) is 6.08 Å². The van der Waals surface area contributed by atoms with E-state index in [4.69, 9.17) is 9.98 Å². The van der Waals surface area contributed by atoms with Gasteiger partial charge in [0.25, 0.3) is 0 Å². The first-order valence-electron chi connectivity index (χ1n) is 10.6. The number of fused-ring (bicyclic) bond motifs is 1. The number of hydrogen-bond acceptors (Lipinski definition) is 5. The molecular formula is C24H23FN6. The monoisotopic (exact) mass is 414 g/mol. The lowest BCUT2D eigenvalue weighted by molar-refractivity contribution is 0.505. The molecule has 2 aliphatic rings. The lowest BCUT2D eigenvalue weighted by atomic mass is 10.2. The number of rotatable bonds is 6. The van der Waals surface area contributed by atoms with Crippen molar-refractivity contribution in [3.05, 3.63) is 88.6 Å². The molecule has 0 unspecified atom stereocenters. The van der Waals surface area contributed by atoms with Gasteiger partial charge in [0.05, 0.1) is 5.69 Å². The van der Waals surface area contributed by atoms with Crippen LogP contribution in [0.5, 0.6) is 0 Å². The predicted molar refractivity (Wildman–Crippen MR) is 117 cm³/mol. The summed E-state index contributed by atoms with van der Waals surface area (Å²) in [4.78, 5) is 13.8. The Balaban J connectivity index is 1.53. The van der Waals surface area contributed by atoms with Crippen LogP contribution in [0.1, 0.15) is 37.3 Å². The zero-order valence-electron chi connectivity index (χ0n) is 17.1. The van der Waals surface area contributed by atoms with Crippen LogP contribution in [0, 0.1) is 5.82 Å². The van der Waals surface area contributed by atoms with Crippen molar-refractivity contribution in [2.45, 2.75) is 38.3 Å². The van der Waals surface area contributed by atoms with Crippen molar-refractivity contribution in [3.8, 4) is 0 Å². The highest BCUT2D eigenvalue weighted by molar-refractivity contribution is 5.55. The Morgan fingerprint density at radius 1 is 1.13 bits per heavy atom. The van der Waals surface area contributed by atoms with Gasteiger partial charge >= 0.3 is 0 Å². The van der Waals surface area contributed by atoms with Gasteiger partial charge < -0.3 is 10.6 Å². The molecular weight excluding hydrogens is 391 g/mol. The Morgan fingerprint density at radius 2 is 2.00 bits per heavy atom. The molecule has 0 bridgehead atoms. The van der Waals surface area contributed by atoms with Gasteiger partial charge in [-0.25, -0.2) is 14.4 Å². The third-order valence-corrected chi connectivity index (χ3v) is 5.58. The minimum atomic E-state index is -0.307. The molecule has 1 aromatic carbocycles. The summed E-state index contributed by atoms with van der Waals surface area (Å²) in [5.41, 5.74) is 5.42. The molecule has 1 aliphatic heterocycles. The second-order valence-electron chi connectivity index (χ2n) is 7.71. The van der Waals surface area contributed by atoms with Gasteiger partial charge in [0, 0.05) is 25.0 Å². The molecule has 3 heterocycles. The number of para-hydroxylation sites is 1. The maximum Gasteiger partial charge on any atom is 0.209 e. The van der Waals surface area contributed by atoms with E-state index in [1.165, 1.54) is 18.9 Å². The molecule has 0 saturated heterocycles. The van der Waals surface area contributed by atoms with Crippen LogP contribution in [0.3, 0.4) is 0 Å². The van der Waals surface area contributed by atoms with E-state index in [-0.39, 0.29) is 11.9 Å². The number of aromatic nitrogens is 3. The fourth-order valence-corrected chi connectivity index (χ4v) is 4.06. The number of allylic oxidation sites excluding steroid dienone is 1. The van der Waals surface area contributed by atoms with Gasteiger partial charge in [-0.2, -0.15) is 0 Å². The zero-order valence-corrected chi connectivity index (χ0v) is 17.1. The fourth-order valence-electron chi connectivity index (χ4n) is 4.06. The van der Waals surface area contributed by atoms with E-state index in [0.717, 1.165) is 29.2 Å². The number of halogens is 1. The van der Waals surface area contributed by atoms with Crippen molar-refractivity contribution in [1.29, 1.82) is 0 Å². The molecule has 5 rings (SSSR count). The molecule has 2 N–H and O–H groups in total. The van der Waals surface area contributed by atoms with Crippen molar-refractivity contribution in [1.82, 2.24) is 19.9 Å². The lowest BCUT2D eigenvalue weighted by Gasteiger charge is -2.16. The highest BCUT2D eigenvalue weighted by Crippen LogP contribution is 2.31. The summed E-state index contributed by atoms with van der Waals surface area (Å²) in [6.45, 7) is 0.598. The molecule has 2 aromatic heterocycles. The van der Waals surface area contributed by atoms with Crippen LogP contribution in [-0.2, 0) is 6.54 Å². The molecule has 0 spiro atoms. The second kappa shape index (κ2) is 8.58. The number of nitrogens with zero attached hydrogens (tertiary/aromatic N) is 4. The Morgan fingerprint density at radius 3 is 2.81 bits per heavy atom. The van der Waals surface area contributed by atoms with Crippen molar-refractivity contribution in [2.75, 3.05) is 5.32 Å². The first kappa shape index (κ1) is 19.3. The molecule has 3 aromatic rings. The molecule has 6 nitrogen and oxygen atoms in total. The number of nitrogens with one attached hydrogen (secondary N) is 2. The standard InChI is InChI=1S/C24H23FN6/c25-19-10-3-4-11-20(19)28-24-29-21-12-5-13-22(27-16-17-7-6-14-26-15-17)30-23(21)31(24)18-8-1-2-9-18/h3-7,10-12,14-15,18,27H,1-2,8-9,16H2,(H,28,29). The summed E-state index contributed by atoms with van der Waals surface area (Å²) in [6.07, 6.45) is 11.7. The lowest BCUT2D eigenvalue weighted by Crippen LogP contribution is -2.33. The minimum Gasteiger partial charge on any atom is -0.359 e. The van der Waals surface area contributed by atoms with Crippen molar-refractivity contribution < 1.29 is 4.39 Å². The van der Waals surface area contributed by atoms with Gasteiger partial charge in [0.1, 0.15) is 11.2 Å². The second-order valence-corrected chi connectivity index (χ2v) is 7.71. The molecule has 0 amide bonds. The number of hydrogen-bond donors (Lipinski definition) is 2. The smallest absolute Gasteiger partial charge is 0.209 e. The topological polar surface area (TPSA) is 67.1 Å². The third-order valence-electron chi connectivity index (χ3n) is 5.58. The average molecular weight is 414 g/mol. The average Bonchev–Trinajstić information content (AvgIpc) is 3.38. The normalized spacial score (nSPS) is 15.5. The van der Waals surface area contributed by atoms with E-state index in [0.29, 0.717) is 24.0 Å². The third kappa shape index (κ3) is 4.13. The molecule has 31 heavy (non-hydrogen) atoms. The van der Waals surface area contributed by atoms with E-state index >= 15 is 0 Å². The molecule has 1 saturated carbocycles. The number of imidazole rings is 1. The van der Waals surface area contributed by atoms with Gasteiger partial charge in [0.15, 0.2) is 11.3 Å². The van der Waals surface area contributed by atoms with Gasteiger partial charge in [-0.05, 0) is 48.8 Å². The van der Waals surface area contributed by atoms with E-state index in [1.54, 1.807) is 18.3 Å². The highest BCUT2D eigenvalue weighted by atomic mass is 19.1. The van der Waals surface area contributed by atoms with Crippen LogP contribution in [0.4, 0.5) is 16.0 Å². The SMILES string of the molecule is Fc1ccccc1Nc1nc2c(n1C1CCCC1)=NC(NCc1cccnc1)=C=CC=2. The summed E-state index contributed by atoms with van der Waals surface area (Å²) < 4.78 is 16.4. The highest BCUT2D eigenvalue weighted by Gasteiger charge is 2.23. The molecule has 7 heteroatoms. The van der Waals surface area contributed by atoms with Gasteiger partial charge in [-0.3, -0.25) is 9.55 Å². The Kier molecular flexibility index (Phi) is 5.33. The van der Waals surface area contributed by atoms with Crippen LogP contribution in [0.15, 0.2) is 71.4 Å². The molecule has 156 valence electrons. The van der Waals surface area contributed by atoms with Crippen molar-refractivity contribution in [3.63, 3.8) is 0 Å². The Hall–Kier alpha value is -3.70.